The molecule has 4 nitrogen and oxygen atoms in total. The van der Waals surface area contributed by atoms with Crippen molar-refractivity contribution in [2.24, 2.45) is 0 Å². The Kier molecular flexibility index (Phi) is 4.10. The first-order valence-electron chi connectivity index (χ1n) is 7.58. The van der Waals surface area contributed by atoms with Crippen LogP contribution in [-0.4, -0.2) is 29.9 Å². The van der Waals surface area contributed by atoms with Crippen molar-refractivity contribution in [3.63, 3.8) is 0 Å². The lowest BCUT2D eigenvalue weighted by Gasteiger charge is -2.32. The first kappa shape index (κ1) is 16.0. The third-order valence-corrected chi connectivity index (χ3v) is 4.90. The number of rotatable bonds is 2. The second-order valence-electron chi connectivity index (χ2n) is 6.78. The van der Waals surface area contributed by atoms with Gasteiger partial charge >= 0.3 is 7.12 Å². The highest BCUT2D eigenvalue weighted by Crippen LogP contribution is 2.40. The predicted molar refractivity (Wildman–Crippen MR) is 86.7 cm³/mol. The predicted octanol–water partition coefficient (Wildman–Crippen LogP) is 3.75. The van der Waals surface area contributed by atoms with E-state index in [0.29, 0.717) is 11.8 Å². The first-order valence-corrected chi connectivity index (χ1v) is 7.96. The highest BCUT2D eigenvalue weighted by Gasteiger charge is 2.52. The van der Waals surface area contributed by atoms with Crippen LogP contribution in [0, 0.1) is 0 Å². The van der Waals surface area contributed by atoms with Gasteiger partial charge in [-0.05, 0) is 57.3 Å². The minimum atomic E-state index is -0.327. The number of hydrogen-bond acceptors (Lipinski definition) is 4. The average molecular weight is 322 g/mol. The molecule has 3 rings (SSSR count). The van der Waals surface area contributed by atoms with Gasteiger partial charge in [-0.25, -0.2) is 4.98 Å². The number of pyridine rings is 1. The minimum absolute atomic E-state index is 0.136. The van der Waals surface area contributed by atoms with Crippen molar-refractivity contribution in [2.45, 2.75) is 51.4 Å². The van der Waals surface area contributed by atoms with Crippen LogP contribution in [-0.2, 0) is 14.0 Å². The molecule has 3 heterocycles. The number of aromatic nitrogens is 1. The van der Waals surface area contributed by atoms with E-state index in [2.05, 4.69) is 38.8 Å². The summed E-state index contributed by atoms with van der Waals surface area (Å²) in [6, 6.07) is 3.75. The van der Waals surface area contributed by atoms with E-state index in [0.717, 1.165) is 17.5 Å². The SMILES string of the molecule is CC1(C)OB(C2=CC(c3ccnc(Cl)c3)OCC2)OC1(C)C. The molecule has 0 amide bonds. The summed E-state index contributed by atoms with van der Waals surface area (Å²) in [5.41, 5.74) is 1.47. The average Bonchev–Trinajstić information content (AvgIpc) is 2.68. The van der Waals surface area contributed by atoms with Crippen LogP contribution in [0.1, 0.15) is 45.8 Å². The Bertz CT molecular complexity index is 587. The summed E-state index contributed by atoms with van der Waals surface area (Å²) in [6.07, 6.45) is 4.45. The number of halogens is 1. The van der Waals surface area contributed by atoms with Gasteiger partial charge in [-0.15, -0.1) is 0 Å². The van der Waals surface area contributed by atoms with Gasteiger partial charge in [-0.1, -0.05) is 17.7 Å². The van der Waals surface area contributed by atoms with Gasteiger partial charge in [0.1, 0.15) is 11.3 Å². The van der Waals surface area contributed by atoms with Gasteiger partial charge in [0.2, 0.25) is 0 Å². The Hall–Kier alpha value is -0.875. The van der Waals surface area contributed by atoms with E-state index in [-0.39, 0.29) is 24.4 Å². The van der Waals surface area contributed by atoms with Crippen LogP contribution in [0.3, 0.4) is 0 Å². The highest BCUT2D eigenvalue weighted by atomic mass is 35.5. The molecule has 1 saturated heterocycles. The molecule has 2 aliphatic rings. The molecule has 0 saturated carbocycles. The molecular weight excluding hydrogens is 300 g/mol. The molecule has 2 aliphatic heterocycles. The Morgan fingerprint density at radius 1 is 1.23 bits per heavy atom. The zero-order valence-corrected chi connectivity index (χ0v) is 14.2. The van der Waals surface area contributed by atoms with Crippen LogP contribution in [0.15, 0.2) is 29.9 Å². The molecule has 1 aromatic rings. The molecule has 1 atom stereocenters. The summed E-state index contributed by atoms with van der Waals surface area (Å²) in [5.74, 6) is 0. The van der Waals surface area contributed by atoms with Crippen LogP contribution >= 0.6 is 11.6 Å². The van der Waals surface area contributed by atoms with Gasteiger partial charge in [0.25, 0.3) is 0 Å². The first-order chi connectivity index (χ1) is 10.3. The molecule has 0 bridgehead atoms. The zero-order chi connectivity index (χ0) is 16.0. The quantitative estimate of drug-likeness (QED) is 0.614. The summed E-state index contributed by atoms with van der Waals surface area (Å²) in [6.45, 7) is 8.89. The molecule has 6 heteroatoms. The van der Waals surface area contributed by atoms with Crippen LogP contribution in [0.5, 0.6) is 0 Å². The lowest BCUT2D eigenvalue weighted by molar-refractivity contribution is 0.00578. The Morgan fingerprint density at radius 2 is 1.91 bits per heavy atom. The number of ether oxygens (including phenoxy) is 1. The van der Waals surface area contributed by atoms with Gasteiger partial charge in [0.15, 0.2) is 0 Å². The van der Waals surface area contributed by atoms with Gasteiger partial charge in [0.05, 0.1) is 17.8 Å². The van der Waals surface area contributed by atoms with Crippen molar-refractivity contribution >= 4 is 18.7 Å². The second-order valence-corrected chi connectivity index (χ2v) is 7.17. The zero-order valence-electron chi connectivity index (χ0n) is 13.4. The molecule has 1 fully saturated rings. The van der Waals surface area contributed by atoms with Crippen LogP contribution in [0.4, 0.5) is 0 Å². The monoisotopic (exact) mass is 321 g/mol. The molecule has 0 radical (unpaired) electrons. The fourth-order valence-corrected chi connectivity index (χ4v) is 2.79. The van der Waals surface area contributed by atoms with E-state index < -0.39 is 0 Å². The molecule has 0 aliphatic carbocycles. The summed E-state index contributed by atoms with van der Waals surface area (Å²) in [7, 11) is -0.311. The summed E-state index contributed by atoms with van der Waals surface area (Å²) in [4.78, 5) is 4.01. The third kappa shape index (κ3) is 2.95. The largest absolute Gasteiger partial charge is 0.490 e. The summed E-state index contributed by atoms with van der Waals surface area (Å²) >= 11 is 5.97. The lowest BCUT2D eigenvalue weighted by atomic mass is 9.74. The Morgan fingerprint density at radius 3 is 2.55 bits per heavy atom. The van der Waals surface area contributed by atoms with Crippen molar-refractivity contribution in [1.82, 2.24) is 4.98 Å². The van der Waals surface area contributed by atoms with E-state index >= 15 is 0 Å². The summed E-state index contributed by atoms with van der Waals surface area (Å²) in [5, 5.41) is 0.470. The van der Waals surface area contributed by atoms with E-state index in [1.165, 1.54) is 0 Å². The van der Waals surface area contributed by atoms with Gasteiger partial charge in [0, 0.05) is 6.20 Å². The fourth-order valence-electron chi connectivity index (χ4n) is 2.61. The molecule has 1 unspecified atom stereocenters. The molecular formula is C16H21BClNO3. The number of hydrogen-bond donors (Lipinski definition) is 0. The van der Waals surface area contributed by atoms with Crippen molar-refractivity contribution in [3.05, 3.63) is 40.6 Å². The van der Waals surface area contributed by atoms with Gasteiger partial charge in [-0.3, -0.25) is 0 Å². The second kappa shape index (κ2) is 5.64. The van der Waals surface area contributed by atoms with Gasteiger partial charge < -0.3 is 14.0 Å². The van der Waals surface area contributed by atoms with Crippen LogP contribution < -0.4 is 0 Å². The maximum absolute atomic E-state index is 6.13. The Balaban J connectivity index is 1.83. The minimum Gasteiger partial charge on any atom is -0.400 e. The van der Waals surface area contributed by atoms with Crippen LogP contribution in [0.2, 0.25) is 5.15 Å². The molecule has 1 aromatic heterocycles. The van der Waals surface area contributed by atoms with E-state index in [1.54, 1.807) is 6.20 Å². The van der Waals surface area contributed by atoms with E-state index in [1.807, 2.05) is 12.1 Å². The number of nitrogens with zero attached hydrogens (tertiary/aromatic N) is 1. The van der Waals surface area contributed by atoms with E-state index in [9.17, 15) is 0 Å². The molecule has 0 aromatic carbocycles. The molecule has 22 heavy (non-hydrogen) atoms. The van der Waals surface area contributed by atoms with E-state index in [4.69, 9.17) is 25.6 Å². The normalized spacial score (nSPS) is 26.9. The van der Waals surface area contributed by atoms with Crippen molar-refractivity contribution in [1.29, 1.82) is 0 Å². The fraction of sp³-hybridized carbons (Fsp3) is 0.562. The van der Waals surface area contributed by atoms with Gasteiger partial charge in [-0.2, -0.15) is 0 Å². The third-order valence-electron chi connectivity index (χ3n) is 4.69. The Labute approximate surface area is 137 Å². The van der Waals surface area contributed by atoms with Crippen molar-refractivity contribution in [3.8, 4) is 0 Å². The molecule has 118 valence electrons. The highest BCUT2D eigenvalue weighted by molar-refractivity contribution is 6.54. The maximum Gasteiger partial charge on any atom is 0.490 e. The van der Waals surface area contributed by atoms with Crippen molar-refractivity contribution in [2.75, 3.05) is 6.61 Å². The summed E-state index contributed by atoms with van der Waals surface area (Å²) < 4.78 is 18.1. The van der Waals surface area contributed by atoms with Crippen molar-refractivity contribution < 1.29 is 14.0 Å². The van der Waals surface area contributed by atoms with Crippen LogP contribution in [0.25, 0.3) is 0 Å². The molecule has 0 spiro atoms. The standard InChI is InChI=1S/C16H21BClNO3/c1-15(2)16(3,4)22-17(21-15)12-6-8-20-13(10-12)11-5-7-19-14(18)9-11/h5,7,9-10,13H,6,8H2,1-4H3. The lowest BCUT2D eigenvalue weighted by Crippen LogP contribution is -2.41. The smallest absolute Gasteiger partial charge is 0.400 e. The molecule has 0 N–H and O–H groups in total. The maximum atomic E-state index is 6.13. The topological polar surface area (TPSA) is 40.6 Å².